The Balaban J connectivity index is 2.94. The van der Waals surface area contributed by atoms with Crippen molar-refractivity contribution in [2.24, 2.45) is 0 Å². The minimum atomic E-state index is -4.62. The highest BCUT2D eigenvalue weighted by molar-refractivity contribution is 6.28. The molecule has 1 aromatic rings. The fourth-order valence-corrected chi connectivity index (χ4v) is 0.785. The lowest BCUT2D eigenvalue weighted by molar-refractivity contribution is -0.382. The zero-order valence-corrected chi connectivity index (χ0v) is 6.91. The van der Waals surface area contributed by atoms with Crippen molar-refractivity contribution in [2.75, 3.05) is 0 Å². The molecule has 14 heavy (non-hydrogen) atoms. The standard InChI is InChI=1S/C5H4BF3N2O3/c1-3-2-4(5(7,8)9)10-11(3)14-6(12)13/h2H,1H3/q-2. The van der Waals surface area contributed by atoms with Gasteiger partial charge in [0.05, 0.1) is 5.69 Å². The van der Waals surface area contributed by atoms with Crippen molar-refractivity contribution in [3.8, 4) is 0 Å². The number of halogens is 3. The molecule has 1 aromatic heterocycles. The third kappa shape index (κ3) is 2.39. The maximum atomic E-state index is 12.0. The van der Waals surface area contributed by atoms with Gasteiger partial charge in [0.25, 0.3) is 0 Å². The van der Waals surface area contributed by atoms with E-state index >= 15 is 0 Å². The molecule has 0 fully saturated rings. The zero-order valence-electron chi connectivity index (χ0n) is 6.91. The largest absolute Gasteiger partial charge is 0.858 e. The molecule has 9 heteroatoms. The maximum absolute atomic E-state index is 12.0. The van der Waals surface area contributed by atoms with Gasteiger partial charge in [0.2, 0.25) is 0 Å². The summed E-state index contributed by atoms with van der Waals surface area (Å²) in [6.45, 7) is 1.23. The second-order valence-corrected chi connectivity index (χ2v) is 2.44. The van der Waals surface area contributed by atoms with E-state index in [0.29, 0.717) is 6.07 Å². The molecule has 78 valence electrons. The first-order valence-corrected chi connectivity index (χ1v) is 3.43. The first kappa shape index (κ1) is 10.9. The highest BCUT2D eigenvalue weighted by Crippen LogP contribution is 2.27. The van der Waals surface area contributed by atoms with Crippen LogP contribution in [0.25, 0.3) is 0 Å². The number of nitrogens with zero attached hydrogens (tertiary/aromatic N) is 2. The summed E-state index contributed by atoms with van der Waals surface area (Å²) in [6, 6.07) is 0.669. The molecule has 0 aliphatic rings. The molecule has 1 rings (SSSR count). The number of hydrogen-bond donors (Lipinski definition) is 0. The van der Waals surface area contributed by atoms with Crippen molar-refractivity contribution in [3.05, 3.63) is 17.5 Å². The molecule has 0 saturated heterocycles. The molecule has 0 N–H and O–H groups in total. The summed E-state index contributed by atoms with van der Waals surface area (Å²) < 4.78 is 40.0. The van der Waals surface area contributed by atoms with Crippen LogP contribution in [0.5, 0.6) is 0 Å². The monoisotopic (exact) mass is 208 g/mol. The Kier molecular flexibility index (Phi) is 2.72. The van der Waals surface area contributed by atoms with Gasteiger partial charge < -0.3 is 14.8 Å². The van der Waals surface area contributed by atoms with Gasteiger partial charge in [-0.1, -0.05) is 0 Å². The Hall–Kier alpha value is -1.22. The number of aryl methyl sites for hydroxylation is 1. The molecule has 1 heterocycles. The molecule has 0 amide bonds. The Morgan fingerprint density at radius 3 is 2.43 bits per heavy atom. The molecular weight excluding hydrogens is 204 g/mol. The van der Waals surface area contributed by atoms with Gasteiger partial charge in [0.1, 0.15) is 0 Å². The lowest BCUT2D eigenvalue weighted by Crippen LogP contribution is -2.54. The van der Waals surface area contributed by atoms with E-state index in [9.17, 15) is 23.2 Å². The maximum Gasteiger partial charge on any atom is 0.435 e. The van der Waals surface area contributed by atoms with E-state index in [1.165, 1.54) is 6.92 Å². The van der Waals surface area contributed by atoms with Crippen LogP contribution in [0.15, 0.2) is 6.07 Å². The second-order valence-electron chi connectivity index (χ2n) is 2.44. The normalized spacial score (nSPS) is 11.6. The van der Waals surface area contributed by atoms with Crippen LogP contribution < -0.4 is 14.8 Å². The van der Waals surface area contributed by atoms with Crippen LogP contribution in [0, 0.1) is 6.92 Å². The van der Waals surface area contributed by atoms with Crippen molar-refractivity contribution in [3.63, 3.8) is 0 Å². The van der Waals surface area contributed by atoms with Crippen LogP contribution in [-0.4, -0.2) is 17.3 Å². The van der Waals surface area contributed by atoms with E-state index in [2.05, 4.69) is 9.85 Å². The summed E-state index contributed by atoms with van der Waals surface area (Å²) in [5.74, 6) is 0. The molecule has 0 aliphatic carbocycles. The van der Waals surface area contributed by atoms with Gasteiger partial charge in [-0.3, -0.25) is 0 Å². The van der Waals surface area contributed by atoms with E-state index in [1.807, 2.05) is 0 Å². The van der Waals surface area contributed by atoms with E-state index in [0.717, 1.165) is 0 Å². The van der Waals surface area contributed by atoms with E-state index in [4.69, 9.17) is 0 Å². The van der Waals surface area contributed by atoms with Crippen LogP contribution >= 0.6 is 0 Å². The van der Waals surface area contributed by atoms with Crippen LogP contribution in [0.4, 0.5) is 13.2 Å². The molecule has 0 bridgehead atoms. The van der Waals surface area contributed by atoms with Crippen LogP contribution in [0.3, 0.4) is 0 Å². The molecular formula is C5H4BF3N2O3-2. The smallest absolute Gasteiger partial charge is 0.435 e. The second kappa shape index (κ2) is 3.50. The molecule has 5 nitrogen and oxygen atoms in total. The van der Waals surface area contributed by atoms with E-state index in [1.54, 1.807) is 0 Å². The molecule has 0 saturated carbocycles. The number of alkyl halides is 3. The minimum Gasteiger partial charge on any atom is -0.858 e. The molecule has 0 spiro atoms. The van der Waals surface area contributed by atoms with Gasteiger partial charge in [-0.25, -0.2) is 0 Å². The highest BCUT2D eigenvalue weighted by atomic mass is 19.4. The van der Waals surface area contributed by atoms with Crippen molar-refractivity contribution >= 4 is 7.32 Å². The summed E-state index contributed by atoms with van der Waals surface area (Å²) in [7, 11) is -2.71. The Morgan fingerprint density at radius 2 is 2.07 bits per heavy atom. The lowest BCUT2D eigenvalue weighted by atomic mass is 10.3. The fourth-order valence-electron chi connectivity index (χ4n) is 0.785. The minimum absolute atomic E-state index is 0.0750. The highest BCUT2D eigenvalue weighted by Gasteiger charge is 2.34. The van der Waals surface area contributed by atoms with Gasteiger partial charge >= 0.3 is 6.18 Å². The Morgan fingerprint density at radius 1 is 1.50 bits per heavy atom. The van der Waals surface area contributed by atoms with Gasteiger partial charge in [0.15, 0.2) is 13.0 Å². The summed E-state index contributed by atoms with van der Waals surface area (Å²) >= 11 is 0. The number of hydrogen-bond acceptors (Lipinski definition) is 4. The quantitative estimate of drug-likeness (QED) is 0.545. The molecule has 0 aromatic carbocycles. The van der Waals surface area contributed by atoms with Crippen LogP contribution in [0.2, 0.25) is 0 Å². The van der Waals surface area contributed by atoms with Crippen molar-refractivity contribution in [1.82, 2.24) is 9.94 Å². The molecule has 0 atom stereocenters. The predicted molar refractivity (Wildman–Crippen MR) is 34.3 cm³/mol. The molecule has 0 aliphatic heterocycles. The topological polar surface area (TPSA) is 73.2 Å². The van der Waals surface area contributed by atoms with Crippen LogP contribution in [-0.2, 0) is 6.18 Å². The molecule has 0 radical (unpaired) electrons. The third-order valence-electron chi connectivity index (χ3n) is 1.32. The lowest BCUT2D eigenvalue weighted by Gasteiger charge is -2.25. The Labute approximate surface area is 76.8 Å². The number of rotatable bonds is 2. The van der Waals surface area contributed by atoms with E-state index < -0.39 is 19.2 Å². The van der Waals surface area contributed by atoms with Crippen molar-refractivity contribution < 1.29 is 28.0 Å². The fraction of sp³-hybridized carbons (Fsp3) is 0.400. The third-order valence-corrected chi connectivity index (χ3v) is 1.32. The summed E-state index contributed by atoms with van der Waals surface area (Å²) in [4.78, 5) is 0.271. The first-order chi connectivity index (χ1) is 6.30. The van der Waals surface area contributed by atoms with Gasteiger partial charge in [-0.15, -0.1) is 9.94 Å². The molecule has 0 unspecified atom stereocenters. The zero-order chi connectivity index (χ0) is 10.9. The summed E-state index contributed by atoms with van der Waals surface area (Å²) in [5, 5.41) is 22.9. The van der Waals surface area contributed by atoms with Crippen molar-refractivity contribution in [1.29, 1.82) is 0 Å². The SMILES string of the molecule is Cc1cc(C(F)(F)F)nn1OB([O-])[O-]. The Bertz CT molecular complexity index is 325. The first-order valence-electron chi connectivity index (χ1n) is 3.43. The van der Waals surface area contributed by atoms with Crippen molar-refractivity contribution in [2.45, 2.75) is 13.1 Å². The predicted octanol–water partition coefficient (Wildman–Crippen LogP) is -1.66. The summed E-state index contributed by atoms with van der Waals surface area (Å²) in [6.07, 6.45) is -4.62. The average molecular weight is 208 g/mol. The number of aromatic nitrogens is 2. The van der Waals surface area contributed by atoms with Gasteiger partial charge in [0, 0.05) is 0 Å². The van der Waals surface area contributed by atoms with Gasteiger partial charge in [-0.2, -0.15) is 13.2 Å². The van der Waals surface area contributed by atoms with E-state index in [-0.39, 0.29) is 10.5 Å². The van der Waals surface area contributed by atoms with Gasteiger partial charge in [-0.05, 0) is 13.0 Å². The average Bonchev–Trinajstić information content (AvgIpc) is 2.30. The van der Waals surface area contributed by atoms with Crippen LogP contribution in [0.1, 0.15) is 11.4 Å². The summed E-state index contributed by atoms with van der Waals surface area (Å²) in [5.41, 5.74) is -1.29.